The molecule has 0 bridgehead atoms. The first-order valence-corrected chi connectivity index (χ1v) is 6.12. The second-order valence-corrected chi connectivity index (χ2v) is 4.62. The van der Waals surface area contributed by atoms with E-state index in [-0.39, 0.29) is 0 Å². The van der Waals surface area contributed by atoms with Gasteiger partial charge in [0.05, 0.1) is 5.52 Å². The number of fused-ring (bicyclic) bond motifs is 1. The first-order chi connectivity index (χ1) is 8.36. The Labute approximate surface area is 100 Å². The van der Waals surface area contributed by atoms with Gasteiger partial charge in [-0.25, -0.2) is 4.98 Å². The van der Waals surface area contributed by atoms with E-state index < -0.39 is 0 Å². The van der Waals surface area contributed by atoms with Crippen molar-refractivity contribution in [2.24, 2.45) is 11.7 Å². The quantitative estimate of drug-likeness (QED) is 0.813. The highest BCUT2D eigenvalue weighted by Crippen LogP contribution is 2.21. The normalized spacial score (nSPS) is 21.0. The zero-order valence-electron chi connectivity index (χ0n) is 9.76. The molecule has 5 nitrogen and oxygen atoms in total. The van der Waals surface area contributed by atoms with E-state index >= 15 is 0 Å². The summed E-state index contributed by atoms with van der Waals surface area (Å²) in [5.74, 6) is 1.52. The van der Waals surface area contributed by atoms with Gasteiger partial charge in [-0.3, -0.25) is 0 Å². The number of piperidine rings is 1. The zero-order valence-corrected chi connectivity index (χ0v) is 9.76. The van der Waals surface area contributed by atoms with Gasteiger partial charge < -0.3 is 15.6 Å². The van der Waals surface area contributed by atoms with Crippen molar-refractivity contribution in [3.05, 3.63) is 18.3 Å². The Hall–Kier alpha value is -1.62. The van der Waals surface area contributed by atoms with Crippen LogP contribution in [0.4, 0.5) is 5.95 Å². The predicted octanol–water partition coefficient (Wildman–Crippen LogP) is 1.13. The molecule has 1 saturated heterocycles. The van der Waals surface area contributed by atoms with Crippen LogP contribution in [-0.2, 0) is 0 Å². The van der Waals surface area contributed by atoms with E-state index in [4.69, 9.17) is 5.73 Å². The maximum atomic E-state index is 5.75. The van der Waals surface area contributed by atoms with Crippen LogP contribution in [0.3, 0.4) is 0 Å². The van der Waals surface area contributed by atoms with Gasteiger partial charge in [-0.05, 0) is 37.4 Å². The highest BCUT2D eigenvalue weighted by atomic mass is 15.3. The molecule has 1 fully saturated rings. The molecule has 3 heterocycles. The summed E-state index contributed by atoms with van der Waals surface area (Å²) in [5, 5.41) is 0. The Morgan fingerprint density at radius 3 is 3.29 bits per heavy atom. The van der Waals surface area contributed by atoms with Gasteiger partial charge in [0.1, 0.15) is 0 Å². The van der Waals surface area contributed by atoms with E-state index in [1.165, 1.54) is 12.8 Å². The van der Waals surface area contributed by atoms with Crippen LogP contribution in [0.1, 0.15) is 12.8 Å². The van der Waals surface area contributed by atoms with Crippen molar-refractivity contribution < 1.29 is 0 Å². The number of rotatable bonds is 2. The fraction of sp³-hybridized carbons (Fsp3) is 0.500. The number of imidazole rings is 1. The summed E-state index contributed by atoms with van der Waals surface area (Å²) in [7, 11) is 0. The third kappa shape index (κ3) is 1.98. The van der Waals surface area contributed by atoms with E-state index in [1.54, 1.807) is 6.20 Å². The molecule has 2 aromatic rings. The molecular weight excluding hydrogens is 214 g/mol. The van der Waals surface area contributed by atoms with E-state index in [1.807, 2.05) is 12.1 Å². The van der Waals surface area contributed by atoms with Crippen LogP contribution >= 0.6 is 0 Å². The molecule has 0 aliphatic carbocycles. The standard InChI is InChI=1S/C12H17N5/c13-7-9-3-2-6-17(8-9)12-15-10-4-1-5-14-11(10)16-12/h1,4-5,9H,2-3,6-8,13H2,(H,14,15,16)/t9-/m1/s1. The maximum Gasteiger partial charge on any atom is 0.205 e. The van der Waals surface area contributed by atoms with Gasteiger partial charge >= 0.3 is 0 Å². The third-order valence-corrected chi connectivity index (χ3v) is 3.40. The Balaban J connectivity index is 1.87. The lowest BCUT2D eigenvalue weighted by Crippen LogP contribution is -2.38. The Morgan fingerprint density at radius 1 is 1.53 bits per heavy atom. The lowest BCUT2D eigenvalue weighted by Gasteiger charge is -2.31. The van der Waals surface area contributed by atoms with Crippen molar-refractivity contribution >= 4 is 17.1 Å². The fourth-order valence-corrected chi connectivity index (χ4v) is 2.43. The van der Waals surface area contributed by atoms with Crippen molar-refractivity contribution in [2.75, 3.05) is 24.5 Å². The minimum atomic E-state index is 0.588. The molecule has 17 heavy (non-hydrogen) atoms. The summed E-state index contributed by atoms with van der Waals surface area (Å²) >= 11 is 0. The number of hydrogen-bond acceptors (Lipinski definition) is 4. The number of aromatic nitrogens is 3. The Morgan fingerprint density at radius 2 is 2.47 bits per heavy atom. The van der Waals surface area contributed by atoms with Gasteiger partial charge in [-0.15, -0.1) is 0 Å². The van der Waals surface area contributed by atoms with Gasteiger partial charge in [0.2, 0.25) is 5.95 Å². The molecule has 3 rings (SSSR count). The highest BCUT2D eigenvalue weighted by Gasteiger charge is 2.21. The summed E-state index contributed by atoms with van der Waals surface area (Å²) in [5.41, 5.74) is 7.54. The molecule has 0 radical (unpaired) electrons. The molecule has 0 spiro atoms. The number of aromatic amines is 1. The fourth-order valence-electron chi connectivity index (χ4n) is 2.43. The minimum Gasteiger partial charge on any atom is -0.342 e. The summed E-state index contributed by atoms with van der Waals surface area (Å²) in [6.45, 7) is 2.81. The number of pyridine rings is 1. The molecule has 0 amide bonds. The van der Waals surface area contributed by atoms with Crippen LogP contribution in [-0.4, -0.2) is 34.6 Å². The molecule has 3 N–H and O–H groups in total. The molecular formula is C12H17N5. The van der Waals surface area contributed by atoms with E-state index in [0.717, 1.165) is 36.7 Å². The van der Waals surface area contributed by atoms with Gasteiger partial charge in [-0.1, -0.05) is 0 Å². The molecule has 0 aromatic carbocycles. The summed E-state index contributed by atoms with van der Waals surface area (Å²) in [6.07, 6.45) is 4.18. The van der Waals surface area contributed by atoms with Crippen molar-refractivity contribution in [2.45, 2.75) is 12.8 Å². The number of nitrogens with zero attached hydrogens (tertiary/aromatic N) is 3. The molecule has 90 valence electrons. The summed E-state index contributed by atoms with van der Waals surface area (Å²) in [4.78, 5) is 14.4. The van der Waals surface area contributed by atoms with Crippen LogP contribution in [0.2, 0.25) is 0 Å². The number of anilines is 1. The van der Waals surface area contributed by atoms with Crippen molar-refractivity contribution in [1.29, 1.82) is 0 Å². The third-order valence-electron chi connectivity index (χ3n) is 3.40. The van der Waals surface area contributed by atoms with Gasteiger partial charge in [-0.2, -0.15) is 4.98 Å². The average molecular weight is 231 g/mol. The van der Waals surface area contributed by atoms with E-state index in [2.05, 4.69) is 19.9 Å². The Kier molecular flexibility index (Phi) is 2.68. The average Bonchev–Trinajstić information content (AvgIpc) is 2.82. The zero-order chi connectivity index (χ0) is 11.7. The summed E-state index contributed by atoms with van der Waals surface area (Å²) in [6, 6.07) is 3.92. The minimum absolute atomic E-state index is 0.588. The van der Waals surface area contributed by atoms with Crippen LogP contribution in [0.5, 0.6) is 0 Å². The van der Waals surface area contributed by atoms with E-state index in [0.29, 0.717) is 5.92 Å². The number of hydrogen-bond donors (Lipinski definition) is 2. The number of nitrogens with two attached hydrogens (primary N) is 1. The molecule has 1 aliphatic heterocycles. The molecule has 0 unspecified atom stereocenters. The van der Waals surface area contributed by atoms with Crippen molar-refractivity contribution in [3.63, 3.8) is 0 Å². The first kappa shape index (κ1) is 10.5. The largest absolute Gasteiger partial charge is 0.342 e. The Bertz CT molecular complexity index is 473. The second kappa shape index (κ2) is 4.33. The van der Waals surface area contributed by atoms with Gasteiger partial charge in [0, 0.05) is 19.3 Å². The van der Waals surface area contributed by atoms with Crippen molar-refractivity contribution in [3.8, 4) is 0 Å². The lowest BCUT2D eigenvalue weighted by atomic mass is 9.99. The number of nitrogens with one attached hydrogen (secondary N) is 1. The first-order valence-electron chi connectivity index (χ1n) is 6.12. The number of H-pyrrole nitrogens is 1. The summed E-state index contributed by atoms with van der Waals surface area (Å²) < 4.78 is 0. The lowest BCUT2D eigenvalue weighted by molar-refractivity contribution is 0.420. The predicted molar refractivity (Wildman–Crippen MR) is 67.9 cm³/mol. The highest BCUT2D eigenvalue weighted by molar-refractivity contribution is 5.73. The SMILES string of the molecule is NC[C@H]1CCCN(c2nc3ncccc3[nH]2)C1. The monoisotopic (exact) mass is 231 g/mol. The molecule has 1 atom stereocenters. The molecule has 0 saturated carbocycles. The van der Waals surface area contributed by atoms with Crippen LogP contribution in [0.15, 0.2) is 18.3 Å². The van der Waals surface area contributed by atoms with Crippen LogP contribution < -0.4 is 10.6 Å². The topological polar surface area (TPSA) is 70.8 Å². The van der Waals surface area contributed by atoms with E-state index in [9.17, 15) is 0 Å². The molecule has 5 heteroatoms. The maximum absolute atomic E-state index is 5.75. The van der Waals surface area contributed by atoms with Crippen LogP contribution in [0, 0.1) is 5.92 Å². The van der Waals surface area contributed by atoms with Crippen LogP contribution in [0.25, 0.3) is 11.2 Å². The van der Waals surface area contributed by atoms with Crippen molar-refractivity contribution in [1.82, 2.24) is 15.0 Å². The molecule has 1 aliphatic rings. The molecule has 2 aromatic heterocycles. The second-order valence-electron chi connectivity index (χ2n) is 4.62. The van der Waals surface area contributed by atoms with Gasteiger partial charge in [0.25, 0.3) is 0 Å². The van der Waals surface area contributed by atoms with Gasteiger partial charge in [0.15, 0.2) is 5.65 Å². The smallest absolute Gasteiger partial charge is 0.205 e.